The molecule has 4 rings (SSSR count). The minimum Gasteiger partial charge on any atom is -0.496 e. The van der Waals surface area contributed by atoms with E-state index in [9.17, 15) is 4.79 Å². The van der Waals surface area contributed by atoms with Gasteiger partial charge in [-0.1, -0.05) is 37.1 Å². The molecule has 2 heterocycles. The number of pyridine rings is 1. The Balaban J connectivity index is 1.57. The molecule has 142 valence electrons. The number of rotatable bonds is 4. The topological polar surface area (TPSA) is 54.5 Å². The van der Waals surface area contributed by atoms with Crippen LogP contribution < -0.4 is 10.1 Å². The second kappa shape index (κ2) is 7.99. The lowest BCUT2D eigenvalue weighted by Gasteiger charge is -2.24. The van der Waals surface area contributed by atoms with Gasteiger partial charge in [-0.15, -0.1) is 0 Å². The highest BCUT2D eigenvalue weighted by Gasteiger charge is 2.37. The number of nitrogens with zero attached hydrogens (tertiary/aromatic N) is 2. The van der Waals surface area contributed by atoms with Gasteiger partial charge in [-0.3, -0.25) is 4.98 Å². The molecule has 5 nitrogen and oxygen atoms in total. The van der Waals surface area contributed by atoms with Crippen LogP contribution in [0.15, 0.2) is 48.7 Å². The maximum absolute atomic E-state index is 13.1. The smallest absolute Gasteiger partial charge is 0.318 e. The van der Waals surface area contributed by atoms with Crippen molar-refractivity contribution in [2.45, 2.75) is 31.7 Å². The van der Waals surface area contributed by atoms with Gasteiger partial charge in [0.15, 0.2) is 0 Å². The van der Waals surface area contributed by atoms with Crippen LogP contribution in [-0.2, 0) is 0 Å². The van der Waals surface area contributed by atoms with Crippen LogP contribution in [0.25, 0.3) is 0 Å². The third-order valence-corrected chi connectivity index (χ3v) is 5.96. The fourth-order valence-electron chi connectivity index (χ4n) is 4.55. The van der Waals surface area contributed by atoms with Gasteiger partial charge < -0.3 is 15.0 Å². The predicted molar refractivity (Wildman–Crippen MR) is 105 cm³/mol. The van der Waals surface area contributed by atoms with Gasteiger partial charge in [0.05, 0.1) is 12.8 Å². The minimum absolute atomic E-state index is 0.00837. The molecule has 2 aromatic rings. The molecule has 0 radical (unpaired) electrons. The van der Waals surface area contributed by atoms with Gasteiger partial charge in [0, 0.05) is 24.8 Å². The number of carbonyl (C=O) groups excluding carboxylic acids is 1. The van der Waals surface area contributed by atoms with E-state index in [-0.39, 0.29) is 12.1 Å². The van der Waals surface area contributed by atoms with Crippen LogP contribution >= 0.6 is 0 Å². The second-order valence-corrected chi connectivity index (χ2v) is 7.59. The second-order valence-electron chi connectivity index (χ2n) is 7.59. The minimum atomic E-state index is -0.336. The van der Waals surface area contributed by atoms with E-state index < -0.39 is 0 Å². The monoisotopic (exact) mass is 365 g/mol. The van der Waals surface area contributed by atoms with Crippen LogP contribution in [0.1, 0.15) is 43.0 Å². The van der Waals surface area contributed by atoms with Crippen LogP contribution in [0.3, 0.4) is 0 Å². The molecule has 0 spiro atoms. The van der Waals surface area contributed by atoms with Gasteiger partial charge in [0.1, 0.15) is 11.8 Å². The number of hydrogen-bond donors (Lipinski definition) is 1. The number of methoxy groups -OCH3 is 1. The molecule has 1 N–H and O–H groups in total. The Bertz CT molecular complexity index is 766. The predicted octanol–water partition coefficient (Wildman–Crippen LogP) is 4.01. The third kappa shape index (κ3) is 3.77. The molecule has 1 saturated carbocycles. The Morgan fingerprint density at radius 3 is 2.48 bits per heavy atom. The summed E-state index contributed by atoms with van der Waals surface area (Å²) in [5, 5.41) is 3.22. The SMILES string of the molecule is COc1ccccc1C(NC(=O)N1C[C@H]2CCCC[C@H]2C1)c1ccccn1. The van der Waals surface area contributed by atoms with Crippen molar-refractivity contribution in [3.63, 3.8) is 0 Å². The van der Waals surface area contributed by atoms with E-state index in [0.717, 1.165) is 30.1 Å². The van der Waals surface area contributed by atoms with Crippen LogP contribution in [0.5, 0.6) is 5.75 Å². The summed E-state index contributed by atoms with van der Waals surface area (Å²) >= 11 is 0. The molecule has 2 fully saturated rings. The molecular weight excluding hydrogens is 338 g/mol. The molecule has 1 aromatic heterocycles. The first-order chi connectivity index (χ1) is 13.3. The maximum Gasteiger partial charge on any atom is 0.318 e. The highest BCUT2D eigenvalue weighted by atomic mass is 16.5. The largest absolute Gasteiger partial charge is 0.496 e. The fraction of sp³-hybridized carbons (Fsp3) is 0.455. The van der Waals surface area contributed by atoms with E-state index in [2.05, 4.69) is 10.3 Å². The Hall–Kier alpha value is -2.56. The summed E-state index contributed by atoms with van der Waals surface area (Å²) in [6.07, 6.45) is 6.87. The lowest BCUT2D eigenvalue weighted by atomic mass is 9.82. The van der Waals surface area contributed by atoms with Gasteiger partial charge >= 0.3 is 6.03 Å². The molecule has 0 bridgehead atoms. The van der Waals surface area contributed by atoms with Gasteiger partial charge in [-0.2, -0.15) is 0 Å². The summed E-state index contributed by atoms with van der Waals surface area (Å²) in [6.45, 7) is 1.74. The number of hydrogen-bond acceptors (Lipinski definition) is 3. The van der Waals surface area contributed by atoms with Crippen molar-refractivity contribution < 1.29 is 9.53 Å². The van der Waals surface area contributed by atoms with Crippen LogP contribution in [0, 0.1) is 11.8 Å². The maximum atomic E-state index is 13.1. The van der Waals surface area contributed by atoms with E-state index in [1.54, 1.807) is 13.3 Å². The summed E-state index contributed by atoms with van der Waals surface area (Å²) in [6, 6.07) is 13.2. The van der Waals surface area contributed by atoms with Crippen LogP contribution in [-0.4, -0.2) is 36.1 Å². The zero-order valence-electron chi connectivity index (χ0n) is 15.8. The number of amides is 2. The number of urea groups is 1. The third-order valence-electron chi connectivity index (χ3n) is 5.96. The molecular formula is C22H27N3O2. The van der Waals surface area contributed by atoms with Gasteiger partial charge in [0.2, 0.25) is 0 Å². The van der Waals surface area contributed by atoms with Crippen molar-refractivity contribution in [3.8, 4) is 5.75 Å². The molecule has 5 heteroatoms. The van der Waals surface area contributed by atoms with Crippen molar-refractivity contribution in [2.24, 2.45) is 11.8 Å². The van der Waals surface area contributed by atoms with Gasteiger partial charge in [0.25, 0.3) is 0 Å². The quantitative estimate of drug-likeness (QED) is 0.891. The van der Waals surface area contributed by atoms with Crippen molar-refractivity contribution in [2.75, 3.05) is 20.2 Å². The Morgan fingerprint density at radius 1 is 1.11 bits per heavy atom. The average Bonchev–Trinajstić information content (AvgIpc) is 3.17. The van der Waals surface area contributed by atoms with E-state index in [1.807, 2.05) is 47.4 Å². The fourth-order valence-corrected chi connectivity index (χ4v) is 4.55. The van der Waals surface area contributed by atoms with Crippen molar-refractivity contribution >= 4 is 6.03 Å². The standard InChI is InChI=1S/C22H27N3O2/c1-27-20-12-5-4-10-18(20)21(19-11-6-7-13-23-19)24-22(26)25-14-16-8-2-3-9-17(16)15-25/h4-7,10-13,16-17,21H,2-3,8-9,14-15H2,1H3,(H,24,26)/t16-,17+,21?. The first kappa shape index (κ1) is 17.8. The zero-order valence-corrected chi connectivity index (χ0v) is 15.8. The van der Waals surface area contributed by atoms with Gasteiger partial charge in [-0.05, 0) is 42.9 Å². The first-order valence-corrected chi connectivity index (χ1v) is 9.85. The summed E-state index contributed by atoms with van der Waals surface area (Å²) in [7, 11) is 1.65. The molecule has 3 atom stereocenters. The van der Waals surface area contributed by atoms with Crippen molar-refractivity contribution in [1.82, 2.24) is 15.2 Å². The van der Waals surface area contributed by atoms with E-state index in [1.165, 1.54) is 25.7 Å². The number of likely N-dealkylation sites (tertiary alicyclic amines) is 1. The molecule has 1 aromatic carbocycles. The normalized spacial score (nSPS) is 22.8. The van der Waals surface area contributed by atoms with E-state index >= 15 is 0 Å². The number of para-hydroxylation sites is 1. The highest BCUT2D eigenvalue weighted by molar-refractivity contribution is 5.75. The number of ether oxygens (including phenoxy) is 1. The Kier molecular flexibility index (Phi) is 5.28. The summed E-state index contributed by atoms with van der Waals surface area (Å²) < 4.78 is 5.54. The van der Waals surface area contributed by atoms with Crippen LogP contribution in [0.4, 0.5) is 4.79 Å². The highest BCUT2D eigenvalue weighted by Crippen LogP contribution is 2.36. The molecule has 1 aliphatic heterocycles. The zero-order chi connectivity index (χ0) is 18.6. The molecule has 1 aliphatic carbocycles. The summed E-state index contributed by atoms with van der Waals surface area (Å²) in [4.78, 5) is 19.6. The summed E-state index contributed by atoms with van der Waals surface area (Å²) in [5.41, 5.74) is 1.73. The first-order valence-electron chi connectivity index (χ1n) is 9.85. The van der Waals surface area contributed by atoms with E-state index in [0.29, 0.717) is 11.8 Å². The average molecular weight is 365 g/mol. The van der Waals surface area contributed by atoms with Gasteiger partial charge in [-0.25, -0.2) is 4.79 Å². The molecule has 1 unspecified atom stereocenters. The molecule has 2 amide bonds. The molecule has 27 heavy (non-hydrogen) atoms. The Morgan fingerprint density at radius 2 is 1.81 bits per heavy atom. The number of carbonyl (C=O) groups is 1. The number of fused-ring (bicyclic) bond motifs is 1. The van der Waals surface area contributed by atoms with Crippen molar-refractivity contribution in [3.05, 3.63) is 59.9 Å². The molecule has 1 saturated heterocycles. The summed E-state index contributed by atoms with van der Waals surface area (Å²) in [5.74, 6) is 2.09. The number of nitrogens with one attached hydrogen (secondary N) is 1. The van der Waals surface area contributed by atoms with Crippen molar-refractivity contribution in [1.29, 1.82) is 0 Å². The van der Waals surface area contributed by atoms with Crippen LogP contribution in [0.2, 0.25) is 0 Å². The molecule has 2 aliphatic rings. The van der Waals surface area contributed by atoms with E-state index in [4.69, 9.17) is 4.74 Å². The number of benzene rings is 1. The number of aromatic nitrogens is 1. The lowest BCUT2D eigenvalue weighted by molar-refractivity contribution is 0.203. The lowest BCUT2D eigenvalue weighted by Crippen LogP contribution is -2.41. The Labute approximate surface area is 160 Å².